The lowest BCUT2D eigenvalue weighted by Gasteiger charge is -2.21. The summed E-state index contributed by atoms with van der Waals surface area (Å²) in [5, 5.41) is 16.9. The van der Waals surface area contributed by atoms with Gasteiger partial charge in [-0.2, -0.15) is 0 Å². The molecule has 2 aromatic heterocycles. The van der Waals surface area contributed by atoms with Gasteiger partial charge in [0.25, 0.3) is 0 Å². The average Bonchev–Trinajstić information content (AvgIpc) is 3.66. The van der Waals surface area contributed by atoms with Gasteiger partial charge < -0.3 is 0 Å². The third-order valence-electron chi connectivity index (χ3n) is 10.4. The molecule has 2 heterocycles. The van der Waals surface area contributed by atoms with Crippen LogP contribution in [0, 0.1) is 0 Å². The van der Waals surface area contributed by atoms with E-state index in [1.54, 1.807) is 0 Å². The monoisotopic (exact) mass is 719 g/mol. The Labute approximate surface area is 323 Å². The third-order valence-corrected chi connectivity index (χ3v) is 11.5. The molecular formula is C51H33N3S. The summed E-state index contributed by atoms with van der Waals surface area (Å²) in [6.07, 6.45) is 0. The summed E-state index contributed by atoms with van der Waals surface area (Å²) in [5.74, 6) is 0. The summed E-state index contributed by atoms with van der Waals surface area (Å²) in [4.78, 5) is 0. The molecule has 0 aliphatic carbocycles. The maximum Gasteiger partial charge on any atom is 0.105 e. The van der Waals surface area contributed by atoms with Crippen molar-refractivity contribution in [3.63, 3.8) is 0 Å². The van der Waals surface area contributed by atoms with E-state index < -0.39 is 0 Å². The lowest BCUT2D eigenvalue weighted by atomic mass is 9.83. The Balaban J connectivity index is 1.33. The first-order valence-electron chi connectivity index (χ1n) is 18.5. The molecule has 0 fully saturated rings. The molecule has 0 bridgehead atoms. The Bertz CT molecular complexity index is 2970. The van der Waals surface area contributed by atoms with Crippen molar-refractivity contribution < 1.29 is 0 Å². The smallest absolute Gasteiger partial charge is 0.105 e. The standard InChI is InChI=1S/C51H33N3S/c1-4-18-34(19-5-1)37-24-10-12-26-39(37)40-29-16-31-44(48(40)43-30-17-33-46-49(43)42-28-14-15-32-45(42)55-46)51-47(36-22-8-3-9-23-36)50(52-54-53-51)41-27-13-11-25-38(41)35-20-6-2-7-21-35/h1-33H. The van der Waals surface area contributed by atoms with Crippen LogP contribution in [0.2, 0.25) is 0 Å². The van der Waals surface area contributed by atoms with Crippen LogP contribution in [0.15, 0.2) is 200 Å². The van der Waals surface area contributed by atoms with Crippen molar-refractivity contribution in [3.05, 3.63) is 200 Å². The van der Waals surface area contributed by atoms with Crippen LogP contribution in [-0.4, -0.2) is 15.4 Å². The predicted octanol–water partition coefficient (Wildman–Crippen LogP) is 13.9. The number of hydrogen-bond donors (Lipinski definition) is 0. The van der Waals surface area contributed by atoms with Gasteiger partial charge in [0.1, 0.15) is 11.4 Å². The molecule has 0 saturated heterocycles. The molecule has 0 aliphatic rings. The average molecular weight is 720 g/mol. The Hall–Kier alpha value is -7.01. The SMILES string of the molecule is c1ccc(-c2ccccc2-c2cccc(-c3nnnc(-c4ccccc4-c4ccccc4)c3-c3ccccc3)c2-c2cccc3sc4ccccc4c23)cc1. The van der Waals surface area contributed by atoms with Gasteiger partial charge in [0.15, 0.2) is 0 Å². The van der Waals surface area contributed by atoms with Gasteiger partial charge in [-0.05, 0) is 67.4 Å². The zero-order chi connectivity index (χ0) is 36.6. The number of hydrogen-bond acceptors (Lipinski definition) is 4. The van der Waals surface area contributed by atoms with E-state index in [4.69, 9.17) is 10.2 Å². The van der Waals surface area contributed by atoms with Crippen molar-refractivity contribution in [2.75, 3.05) is 0 Å². The minimum Gasteiger partial charge on any atom is -0.135 e. The van der Waals surface area contributed by atoms with Gasteiger partial charge in [-0.25, -0.2) is 0 Å². The van der Waals surface area contributed by atoms with E-state index in [0.717, 1.165) is 67.0 Å². The van der Waals surface area contributed by atoms with Gasteiger partial charge in [0, 0.05) is 36.9 Å². The number of fused-ring (bicyclic) bond motifs is 3. The largest absolute Gasteiger partial charge is 0.135 e. The fraction of sp³-hybridized carbons (Fsp3) is 0. The van der Waals surface area contributed by atoms with E-state index in [-0.39, 0.29) is 0 Å². The van der Waals surface area contributed by atoms with E-state index in [0.29, 0.717) is 0 Å². The molecule has 55 heavy (non-hydrogen) atoms. The van der Waals surface area contributed by atoms with Crippen molar-refractivity contribution in [2.45, 2.75) is 0 Å². The zero-order valence-electron chi connectivity index (χ0n) is 29.8. The maximum atomic E-state index is 4.99. The Morgan fingerprint density at radius 1 is 0.291 bits per heavy atom. The van der Waals surface area contributed by atoms with Gasteiger partial charge in [0.05, 0.1) is 0 Å². The van der Waals surface area contributed by atoms with Crippen LogP contribution in [0.1, 0.15) is 0 Å². The molecular weight excluding hydrogens is 687 g/mol. The minimum atomic E-state index is 0.782. The second-order valence-corrected chi connectivity index (χ2v) is 14.6. The molecule has 8 aromatic carbocycles. The number of rotatable bonds is 7. The minimum absolute atomic E-state index is 0.782. The first-order valence-corrected chi connectivity index (χ1v) is 19.3. The fourth-order valence-electron chi connectivity index (χ4n) is 7.97. The molecule has 0 aliphatic heterocycles. The van der Waals surface area contributed by atoms with Crippen LogP contribution in [0.4, 0.5) is 0 Å². The highest BCUT2D eigenvalue weighted by Crippen LogP contribution is 2.50. The Kier molecular flexibility index (Phi) is 8.36. The third kappa shape index (κ3) is 5.81. The van der Waals surface area contributed by atoms with Crippen LogP contribution in [0.3, 0.4) is 0 Å². The van der Waals surface area contributed by atoms with Crippen LogP contribution in [0.25, 0.3) is 98.3 Å². The lowest BCUT2D eigenvalue weighted by Crippen LogP contribution is -2.03. The summed E-state index contributed by atoms with van der Waals surface area (Å²) in [6.45, 7) is 0. The normalized spacial score (nSPS) is 11.3. The molecule has 0 radical (unpaired) electrons. The van der Waals surface area contributed by atoms with Gasteiger partial charge in [-0.15, -0.1) is 21.5 Å². The highest BCUT2D eigenvalue weighted by atomic mass is 32.1. The second kappa shape index (κ2) is 14.1. The van der Waals surface area contributed by atoms with Crippen molar-refractivity contribution in [1.82, 2.24) is 15.4 Å². The van der Waals surface area contributed by atoms with Crippen molar-refractivity contribution in [2.24, 2.45) is 0 Å². The van der Waals surface area contributed by atoms with Gasteiger partial charge in [0.2, 0.25) is 0 Å². The number of benzene rings is 8. The summed E-state index contributed by atoms with van der Waals surface area (Å²) < 4.78 is 2.51. The molecule has 10 aromatic rings. The summed E-state index contributed by atoms with van der Waals surface area (Å²) in [7, 11) is 0. The van der Waals surface area contributed by atoms with E-state index in [1.807, 2.05) is 17.4 Å². The van der Waals surface area contributed by atoms with Crippen LogP contribution >= 0.6 is 11.3 Å². The summed E-state index contributed by atoms with van der Waals surface area (Å²) in [5.41, 5.74) is 14.6. The van der Waals surface area contributed by atoms with Gasteiger partial charge in [-0.1, -0.05) is 188 Å². The lowest BCUT2D eigenvalue weighted by molar-refractivity contribution is 0.879. The number of nitrogens with zero attached hydrogens (tertiary/aromatic N) is 3. The molecule has 258 valence electrons. The van der Waals surface area contributed by atoms with Crippen LogP contribution in [0.5, 0.6) is 0 Å². The van der Waals surface area contributed by atoms with E-state index in [1.165, 1.54) is 31.3 Å². The van der Waals surface area contributed by atoms with E-state index in [2.05, 4.69) is 199 Å². The Morgan fingerprint density at radius 2 is 0.745 bits per heavy atom. The first kappa shape index (κ1) is 32.6. The number of thiophene rings is 1. The summed E-state index contributed by atoms with van der Waals surface area (Å²) in [6, 6.07) is 71.0. The highest BCUT2D eigenvalue weighted by Gasteiger charge is 2.26. The maximum absolute atomic E-state index is 4.99. The first-order chi connectivity index (χ1) is 27.3. The molecule has 0 spiro atoms. The van der Waals surface area contributed by atoms with Crippen LogP contribution < -0.4 is 0 Å². The Morgan fingerprint density at radius 3 is 1.44 bits per heavy atom. The van der Waals surface area contributed by atoms with Crippen LogP contribution in [-0.2, 0) is 0 Å². The van der Waals surface area contributed by atoms with Gasteiger partial charge >= 0.3 is 0 Å². The molecule has 3 nitrogen and oxygen atoms in total. The highest BCUT2D eigenvalue weighted by molar-refractivity contribution is 7.25. The predicted molar refractivity (Wildman–Crippen MR) is 231 cm³/mol. The fourth-order valence-corrected chi connectivity index (χ4v) is 9.11. The molecule has 4 heteroatoms. The van der Waals surface area contributed by atoms with Crippen molar-refractivity contribution in [3.8, 4) is 78.1 Å². The molecule has 0 amide bonds. The molecule has 0 saturated carbocycles. The molecule has 0 N–H and O–H groups in total. The topological polar surface area (TPSA) is 38.7 Å². The van der Waals surface area contributed by atoms with Crippen molar-refractivity contribution in [1.29, 1.82) is 0 Å². The zero-order valence-corrected chi connectivity index (χ0v) is 30.6. The van der Waals surface area contributed by atoms with E-state index in [9.17, 15) is 0 Å². The number of aromatic nitrogens is 3. The van der Waals surface area contributed by atoms with Crippen molar-refractivity contribution >= 4 is 31.5 Å². The summed E-state index contributed by atoms with van der Waals surface area (Å²) >= 11 is 1.84. The molecule has 0 unspecified atom stereocenters. The van der Waals surface area contributed by atoms with Gasteiger partial charge in [-0.3, -0.25) is 0 Å². The van der Waals surface area contributed by atoms with E-state index >= 15 is 0 Å². The molecule has 0 atom stereocenters. The molecule has 10 rings (SSSR count). The second-order valence-electron chi connectivity index (χ2n) is 13.6. The quantitative estimate of drug-likeness (QED) is 0.165.